The van der Waals surface area contributed by atoms with Gasteiger partial charge in [0.1, 0.15) is 18.1 Å². The number of benzene rings is 2. The van der Waals surface area contributed by atoms with Gasteiger partial charge in [0.15, 0.2) is 0 Å². The zero-order chi connectivity index (χ0) is 13.1. The minimum absolute atomic E-state index is 0.0454. The van der Waals surface area contributed by atoms with E-state index in [2.05, 4.69) is 0 Å². The predicted molar refractivity (Wildman–Crippen MR) is 74.3 cm³/mol. The summed E-state index contributed by atoms with van der Waals surface area (Å²) in [7, 11) is 0. The summed E-state index contributed by atoms with van der Waals surface area (Å²) < 4.78 is 11.4. The van der Waals surface area contributed by atoms with Gasteiger partial charge in [0.2, 0.25) is 0 Å². The van der Waals surface area contributed by atoms with Crippen molar-refractivity contribution in [1.82, 2.24) is 0 Å². The first-order valence-corrected chi connectivity index (χ1v) is 6.52. The van der Waals surface area contributed by atoms with Gasteiger partial charge in [-0.3, -0.25) is 0 Å². The lowest BCUT2D eigenvalue weighted by Crippen LogP contribution is -2.20. The molecule has 1 aliphatic rings. The summed E-state index contributed by atoms with van der Waals surface area (Å²) >= 11 is 0. The first-order chi connectivity index (χ1) is 9.33. The molecule has 1 heterocycles. The van der Waals surface area contributed by atoms with E-state index in [0.29, 0.717) is 13.2 Å². The van der Waals surface area contributed by atoms with Gasteiger partial charge in [-0.2, -0.15) is 0 Å². The summed E-state index contributed by atoms with van der Waals surface area (Å²) in [5, 5.41) is 0. The molecule has 2 aromatic rings. The number of rotatable bonds is 3. The number of fused-ring (bicyclic) bond motifs is 1. The average Bonchev–Trinajstić information content (AvgIpc) is 2.47. The fraction of sp³-hybridized carbons (Fsp3) is 0.250. The standard InChI is InChI=1S/C16H17NO2/c17-15-8-9-18-16-7-6-13(10-14(15)16)19-11-12-4-2-1-3-5-12/h1-7,10,15H,8-9,11,17H2/t15-/m1/s1. The first-order valence-electron chi connectivity index (χ1n) is 6.52. The van der Waals surface area contributed by atoms with Gasteiger partial charge in [-0.1, -0.05) is 30.3 Å². The van der Waals surface area contributed by atoms with Gasteiger partial charge < -0.3 is 15.2 Å². The molecule has 3 nitrogen and oxygen atoms in total. The quantitative estimate of drug-likeness (QED) is 0.916. The number of ether oxygens (including phenoxy) is 2. The van der Waals surface area contributed by atoms with Gasteiger partial charge in [0.05, 0.1) is 6.61 Å². The zero-order valence-corrected chi connectivity index (χ0v) is 10.7. The van der Waals surface area contributed by atoms with Crippen molar-refractivity contribution in [3.8, 4) is 11.5 Å². The Bertz CT molecular complexity index is 554. The molecule has 0 unspecified atom stereocenters. The van der Waals surface area contributed by atoms with Crippen LogP contribution < -0.4 is 15.2 Å². The molecule has 3 rings (SSSR count). The maximum Gasteiger partial charge on any atom is 0.124 e. The van der Waals surface area contributed by atoms with E-state index in [1.54, 1.807) is 0 Å². The minimum atomic E-state index is 0.0454. The molecule has 2 N–H and O–H groups in total. The van der Waals surface area contributed by atoms with E-state index >= 15 is 0 Å². The maximum atomic E-state index is 6.09. The summed E-state index contributed by atoms with van der Waals surface area (Å²) in [6.45, 7) is 1.26. The normalized spacial score (nSPS) is 17.4. The topological polar surface area (TPSA) is 44.5 Å². The molecule has 3 heteroatoms. The van der Waals surface area contributed by atoms with Gasteiger partial charge >= 0.3 is 0 Å². The van der Waals surface area contributed by atoms with Gasteiger partial charge in [-0.15, -0.1) is 0 Å². The molecule has 0 radical (unpaired) electrons. The number of hydrogen-bond donors (Lipinski definition) is 1. The molecule has 0 aromatic heterocycles. The zero-order valence-electron chi connectivity index (χ0n) is 10.7. The van der Waals surface area contributed by atoms with Crippen LogP contribution in [0.3, 0.4) is 0 Å². The van der Waals surface area contributed by atoms with Gasteiger partial charge in [-0.05, 0) is 23.8 Å². The second-order valence-corrected chi connectivity index (χ2v) is 4.72. The lowest BCUT2D eigenvalue weighted by atomic mass is 10.0. The van der Waals surface area contributed by atoms with E-state index in [-0.39, 0.29) is 6.04 Å². The van der Waals surface area contributed by atoms with E-state index < -0.39 is 0 Å². The van der Waals surface area contributed by atoms with Gasteiger partial charge in [0, 0.05) is 18.0 Å². The van der Waals surface area contributed by atoms with Crippen molar-refractivity contribution in [2.45, 2.75) is 19.1 Å². The molecule has 0 spiro atoms. The molecule has 1 aliphatic heterocycles. The van der Waals surface area contributed by atoms with Crippen LogP contribution in [0.5, 0.6) is 11.5 Å². The van der Waals surface area contributed by atoms with Crippen LogP contribution in [0.15, 0.2) is 48.5 Å². The summed E-state index contributed by atoms with van der Waals surface area (Å²) in [5.74, 6) is 1.72. The molecule has 0 saturated carbocycles. The second kappa shape index (κ2) is 5.33. The van der Waals surface area contributed by atoms with Crippen molar-refractivity contribution in [3.63, 3.8) is 0 Å². The molecule has 0 bridgehead atoms. The van der Waals surface area contributed by atoms with E-state index in [1.807, 2.05) is 48.5 Å². The Morgan fingerprint density at radius 3 is 2.84 bits per heavy atom. The molecule has 98 valence electrons. The Balaban J connectivity index is 1.74. The van der Waals surface area contributed by atoms with Gasteiger partial charge in [0.25, 0.3) is 0 Å². The molecule has 0 saturated heterocycles. The summed E-state index contributed by atoms with van der Waals surface area (Å²) in [5.41, 5.74) is 8.28. The third-order valence-electron chi connectivity index (χ3n) is 3.32. The van der Waals surface area contributed by atoms with Crippen LogP contribution in [0.1, 0.15) is 23.6 Å². The van der Waals surface area contributed by atoms with Crippen LogP contribution in [0.25, 0.3) is 0 Å². The monoisotopic (exact) mass is 255 g/mol. The van der Waals surface area contributed by atoms with E-state index in [9.17, 15) is 0 Å². The van der Waals surface area contributed by atoms with Crippen LogP contribution in [-0.4, -0.2) is 6.61 Å². The molecule has 0 aliphatic carbocycles. The third-order valence-corrected chi connectivity index (χ3v) is 3.32. The largest absolute Gasteiger partial charge is 0.493 e. The van der Waals surface area contributed by atoms with Crippen LogP contribution >= 0.6 is 0 Å². The van der Waals surface area contributed by atoms with E-state index in [1.165, 1.54) is 0 Å². The van der Waals surface area contributed by atoms with E-state index in [0.717, 1.165) is 29.0 Å². The Kier molecular flexibility index (Phi) is 3.38. The van der Waals surface area contributed by atoms with Gasteiger partial charge in [-0.25, -0.2) is 0 Å². The van der Waals surface area contributed by atoms with E-state index in [4.69, 9.17) is 15.2 Å². The lowest BCUT2D eigenvalue weighted by molar-refractivity contribution is 0.265. The Labute approximate surface area is 113 Å². The molecule has 0 fully saturated rings. The smallest absolute Gasteiger partial charge is 0.124 e. The molecule has 1 atom stereocenters. The Morgan fingerprint density at radius 1 is 1.16 bits per heavy atom. The number of nitrogens with two attached hydrogens (primary N) is 1. The molecule has 19 heavy (non-hydrogen) atoms. The van der Waals surface area contributed by atoms with Crippen molar-refractivity contribution in [1.29, 1.82) is 0 Å². The highest BCUT2D eigenvalue weighted by atomic mass is 16.5. The fourth-order valence-electron chi connectivity index (χ4n) is 2.23. The van der Waals surface area contributed by atoms with Crippen molar-refractivity contribution >= 4 is 0 Å². The summed E-state index contributed by atoms with van der Waals surface area (Å²) in [4.78, 5) is 0. The van der Waals surface area contributed by atoms with Crippen molar-refractivity contribution in [2.75, 3.05) is 6.61 Å². The lowest BCUT2D eigenvalue weighted by Gasteiger charge is -2.23. The molecule has 0 amide bonds. The molecule has 2 aromatic carbocycles. The minimum Gasteiger partial charge on any atom is -0.493 e. The van der Waals surface area contributed by atoms with Crippen molar-refractivity contribution in [3.05, 3.63) is 59.7 Å². The van der Waals surface area contributed by atoms with Crippen LogP contribution in [-0.2, 0) is 6.61 Å². The summed E-state index contributed by atoms with van der Waals surface area (Å²) in [6, 6.07) is 16.0. The fourth-order valence-corrected chi connectivity index (χ4v) is 2.23. The Hall–Kier alpha value is -2.00. The highest BCUT2D eigenvalue weighted by molar-refractivity contribution is 5.43. The van der Waals surface area contributed by atoms with Crippen LogP contribution in [0.2, 0.25) is 0 Å². The number of hydrogen-bond acceptors (Lipinski definition) is 3. The highest BCUT2D eigenvalue weighted by Crippen LogP contribution is 2.33. The van der Waals surface area contributed by atoms with Crippen LogP contribution in [0, 0.1) is 0 Å². The molecular formula is C16H17NO2. The Morgan fingerprint density at radius 2 is 2.00 bits per heavy atom. The third kappa shape index (κ3) is 2.71. The first kappa shape index (κ1) is 12.1. The SMILES string of the molecule is N[C@@H]1CCOc2ccc(OCc3ccccc3)cc21. The predicted octanol–water partition coefficient (Wildman–Crippen LogP) is 3.05. The van der Waals surface area contributed by atoms with Crippen molar-refractivity contribution < 1.29 is 9.47 Å². The maximum absolute atomic E-state index is 6.09. The second-order valence-electron chi connectivity index (χ2n) is 4.72. The highest BCUT2D eigenvalue weighted by Gasteiger charge is 2.18. The summed E-state index contributed by atoms with van der Waals surface area (Å²) in [6.07, 6.45) is 0.856. The van der Waals surface area contributed by atoms with Crippen LogP contribution in [0.4, 0.5) is 0 Å². The van der Waals surface area contributed by atoms with Crippen molar-refractivity contribution in [2.24, 2.45) is 5.73 Å². The average molecular weight is 255 g/mol. The molecular weight excluding hydrogens is 238 g/mol.